The molecule has 0 aromatic carbocycles. The SMILES string of the molecule is COc1ncccc1NC(=O)C(C)(C)C. The lowest BCUT2D eigenvalue weighted by Crippen LogP contribution is -2.27. The monoisotopic (exact) mass is 208 g/mol. The third-order valence-electron chi connectivity index (χ3n) is 1.89. The van der Waals surface area contributed by atoms with Crippen molar-refractivity contribution in [3.8, 4) is 5.88 Å². The van der Waals surface area contributed by atoms with Crippen LogP contribution in [0.3, 0.4) is 0 Å². The summed E-state index contributed by atoms with van der Waals surface area (Å²) in [6, 6.07) is 3.51. The Bertz CT molecular complexity index is 356. The summed E-state index contributed by atoms with van der Waals surface area (Å²) < 4.78 is 5.03. The maximum Gasteiger partial charge on any atom is 0.237 e. The molecular weight excluding hydrogens is 192 g/mol. The number of ether oxygens (including phenoxy) is 1. The molecule has 1 heterocycles. The van der Waals surface area contributed by atoms with Gasteiger partial charge in [0, 0.05) is 11.6 Å². The Hall–Kier alpha value is -1.58. The number of carbonyl (C=O) groups excluding carboxylic acids is 1. The van der Waals surface area contributed by atoms with E-state index >= 15 is 0 Å². The highest BCUT2D eigenvalue weighted by atomic mass is 16.5. The molecule has 0 spiro atoms. The predicted molar refractivity (Wildman–Crippen MR) is 58.9 cm³/mol. The summed E-state index contributed by atoms with van der Waals surface area (Å²) in [5, 5.41) is 2.77. The van der Waals surface area contributed by atoms with Crippen molar-refractivity contribution in [3.63, 3.8) is 0 Å². The molecule has 0 saturated heterocycles. The number of methoxy groups -OCH3 is 1. The van der Waals surface area contributed by atoms with Crippen molar-refractivity contribution in [1.29, 1.82) is 0 Å². The predicted octanol–water partition coefficient (Wildman–Crippen LogP) is 2.07. The Balaban J connectivity index is 2.85. The van der Waals surface area contributed by atoms with Gasteiger partial charge in [-0.05, 0) is 12.1 Å². The van der Waals surface area contributed by atoms with Gasteiger partial charge in [-0.2, -0.15) is 0 Å². The van der Waals surface area contributed by atoms with Gasteiger partial charge in [-0.1, -0.05) is 20.8 Å². The first-order chi connectivity index (χ1) is 6.95. The van der Waals surface area contributed by atoms with Crippen LogP contribution in [0.4, 0.5) is 5.69 Å². The molecule has 0 fully saturated rings. The van der Waals surface area contributed by atoms with Crippen LogP contribution in [0.15, 0.2) is 18.3 Å². The molecule has 1 rings (SSSR count). The van der Waals surface area contributed by atoms with Gasteiger partial charge in [-0.25, -0.2) is 4.98 Å². The van der Waals surface area contributed by atoms with Crippen molar-refractivity contribution in [2.75, 3.05) is 12.4 Å². The zero-order valence-corrected chi connectivity index (χ0v) is 9.50. The number of aromatic nitrogens is 1. The molecule has 0 aliphatic carbocycles. The van der Waals surface area contributed by atoms with E-state index in [9.17, 15) is 4.79 Å². The van der Waals surface area contributed by atoms with Gasteiger partial charge in [0.2, 0.25) is 11.8 Å². The highest BCUT2D eigenvalue weighted by Crippen LogP contribution is 2.23. The highest BCUT2D eigenvalue weighted by Gasteiger charge is 2.22. The number of nitrogens with zero attached hydrogens (tertiary/aromatic N) is 1. The van der Waals surface area contributed by atoms with Gasteiger partial charge in [0.15, 0.2) is 0 Å². The summed E-state index contributed by atoms with van der Waals surface area (Å²) in [6.45, 7) is 5.56. The zero-order valence-electron chi connectivity index (χ0n) is 9.50. The Morgan fingerprint density at radius 3 is 2.67 bits per heavy atom. The third-order valence-corrected chi connectivity index (χ3v) is 1.89. The molecule has 4 nitrogen and oxygen atoms in total. The molecule has 0 atom stereocenters. The van der Waals surface area contributed by atoms with Crippen molar-refractivity contribution in [3.05, 3.63) is 18.3 Å². The van der Waals surface area contributed by atoms with Crippen LogP contribution >= 0.6 is 0 Å². The van der Waals surface area contributed by atoms with Crippen molar-refractivity contribution < 1.29 is 9.53 Å². The summed E-state index contributed by atoms with van der Waals surface area (Å²) in [6.07, 6.45) is 1.62. The molecule has 82 valence electrons. The number of rotatable bonds is 2. The highest BCUT2D eigenvalue weighted by molar-refractivity contribution is 5.95. The molecule has 4 heteroatoms. The fourth-order valence-corrected chi connectivity index (χ4v) is 0.958. The number of carbonyl (C=O) groups is 1. The molecule has 0 saturated carbocycles. The molecule has 1 N–H and O–H groups in total. The molecule has 1 aromatic rings. The molecule has 0 unspecified atom stereocenters. The number of nitrogens with one attached hydrogen (secondary N) is 1. The molecule has 0 bridgehead atoms. The van der Waals surface area contributed by atoms with E-state index in [4.69, 9.17) is 4.74 Å². The van der Waals surface area contributed by atoms with E-state index in [0.29, 0.717) is 11.6 Å². The van der Waals surface area contributed by atoms with Gasteiger partial charge in [-0.15, -0.1) is 0 Å². The van der Waals surface area contributed by atoms with E-state index in [-0.39, 0.29) is 5.91 Å². The Labute approximate surface area is 89.7 Å². The Morgan fingerprint density at radius 2 is 2.13 bits per heavy atom. The Kier molecular flexibility index (Phi) is 3.29. The molecule has 1 aromatic heterocycles. The number of pyridine rings is 1. The molecule has 0 aliphatic heterocycles. The lowest BCUT2D eigenvalue weighted by molar-refractivity contribution is -0.123. The van der Waals surface area contributed by atoms with Crippen LogP contribution in [-0.2, 0) is 4.79 Å². The zero-order chi connectivity index (χ0) is 11.5. The van der Waals surface area contributed by atoms with E-state index in [1.165, 1.54) is 7.11 Å². The van der Waals surface area contributed by atoms with Crippen LogP contribution in [-0.4, -0.2) is 18.0 Å². The van der Waals surface area contributed by atoms with Gasteiger partial charge < -0.3 is 10.1 Å². The molecular formula is C11H16N2O2. The maximum atomic E-state index is 11.7. The quantitative estimate of drug-likeness (QED) is 0.809. The lowest BCUT2D eigenvalue weighted by Gasteiger charge is -2.18. The van der Waals surface area contributed by atoms with Crippen LogP contribution in [0.5, 0.6) is 5.88 Å². The standard InChI is InChI=1S/C11H16N2O2/c1-11(2,3)10(14)13-8-6-5-7-12-9(8)15-4/h5-7H,1-4H3,(H,13,14). The average Bonchev–Trinajstić information content (AvgIpc) is 2.17. The summed E-state index contributed by atoms with van der Waals surface area (Å²) in [7, 11) is 1.52. The number of hydrogen-bond donors (Lipinski definition) is 1. The van der Waals surface area contributed by atoms with Crippen LogP contribution in [0.1, 0.15) is 20.8 Å². The van der Waals surface area contributed by atoms with Gasteiger partial charge in [0.25, 0.3) is 0 Å². The second-order valence-electron chi connectivity index (χ2n) is 4.26. The first-order valence-electron chi connectivity index (χ1n) is 4.75. The van der Waals surface area contributed by atoms with Crippen molar-refractivity contribution >= 4 is 11.6 Å². The first kappa shape index (κ1) is 11.5. The summed E-state index contributed by atoms with van der Waals surface area (Å²) in [5.41, 5.74) is 0.167. The van der Waals surface area contributed by atoms with E-state index in [1.807, 2.05) is 20.8 Å². The van der Waals surface area contributed by atoms with E-state index in [1.54, 1.807) is 18.3 Å². The van der Waals surface area contributed by atoms with E-state index < -0.39 is 5.41 Å². The smallest absolute Gasteiger partial charge is 0.237 e. The third kappa shape index (κ3) is 2.94. The summed E-state index contributed by atoms with van der Waals surface area (Å²) >= 11 is 0. The summed E-state index contributed by atoms with van der Waals surface area (Å²) in [4.78, 5) is 15.7. The number of anilines is 1. The van der Waals surface area contributed by atoms with Gasteiger partial charge >= 0.3 is 0 Å². The fourth-order valence-electron chi connectivity index (χ4n) is 0.958. The maximum absolute atomic E-state index is 11.7. The van der Waals surface area contributed by atoms with Crippen LogP contribution in [0.2, 0.25) is 0 Å². The number of hydrogen-bond acceptors (Lipinski definition) is 3. The normalized spacial score (nSPS) is 10.9. The van der Waals surface area contributed by atoms with Gasteiger partial charge in [0.1, 0.15) is 5.69 Å². The minimum atomic E-state index is -0.430. The second-order valence-corrected chi connectivity index (χ2v) is 4.26. The molecule has 0 aliphatic rings. The van der Waals surface area contributed by atoms with E-state index in [2.05, 4.69) is 10.3 Å². The largest absolute Gasteiger partial charge is 0.480 e. The fraction of sp³-hybridized carbons (Fsp3) is 0.455. The van der Waals surface area contributed by atoms with Crippen LogP contribution in [0.25, 0.3) is 0 Å². The second kappa shape index (κ2) is 4.29. The average molecular weight is 208 g/mol. The number of amides is 1. The van der Waals surface area contributed by atoms with Crippen LogP contribution in [0, 0.1) is 5.41 Å². The topological polar surface area (TPSA) is 51.2 Å². The molecule has 15 heavy (non-hydrogen) atoms. The van der Waals surface area contributed by atoms with Crippen LogP contribution < -0.4 is 10.1 Å². The van der Waals surface area contributed by atoms with Gasteiger partial charge in [0.05, 0.1) is 7.11 Å². The lowest BCUT2D eigenvalue weighted by atomic mass is 9.95. The minimum absolute atomic E-state index is 0.0613. The van der Waals surface area contributed by atoms with E-state index in [0.717, 1.165) is 0 Å². The summed E-state index contributed by atoms with van der Waals surface area (Å²) in [5.74, 6) is 0.365. The van der Waals surface area contributed by atoms with Crippen molar-refractivity contribution in [2.24, 2.45) is 5.41 Å². The molecule has 1 amide bonds. The van der Waals surface area contributed by atoms with Crippen molar-refractivity contribution in [1.82, 2.24) is 4.98 Å². The minimum Gasteiger partial charge on any atom is -0.480 e. The molecule has 0 radical (unpaired) electrons. The van der Waals surface area contributed by atoms with Crippen molar-refractivity contribution in [2.45, 2.75) is 20.8 Å². The first-order valence-corrected chi connectivity index (χ1v) is 4.75. The van der Waals surface area contributed by atoms with Gasteiger partial charge in [-0.3, -0.25) is 4.79 Å². The Morgan fingerprint density at radius 1 is 1.47 bits per heavy atom.